The number of hydrogen-bond acceptors (Lipinski definition) is 6. The SMILES string of the molecule is Cc1cc(-c2cccc3ccccc23)cc(-c2nc(-c3cnc4c(c3)C(C)(C)c3cc5c(cc3-4)C(C)(C)c3cccnc3-5)nc(-c3cccc4ccccc34)n2)n1. The fourth-order valence-corrected chi connectivity index (χ4v) is 9.29. The van der Waals surface area contributed by atoms with Gasteiger partial charge in [-0.1, -0.05) is 119 Å². The Bertz CT molecular complexity index is 3150. The van der Waals surface area contributed by atoms with E-state index < -0.39 is 0 Å². The molecule has 0 bridgehead atoms. The van der Waals surface area contributed by atoms with Gasteiger partial charge in [-0.25, -0.2) is 19.9 Å². The van der Waals surface area contributed by atoms with Gasteiger partial charge < -0.3 is 0 Å². The molecule has 2 aliphatic carbocycles. The van der Waals surface area contributed by atoms with Gasteiger partial charge in [0.2, 0.25) is 0 Å². The van der Waals surface area contributed by atoms with E-state index in [-0.39, 0.29) is 10.8 Å². The van der Waals surface area contributed by atoms with E-state index in [2.05, 4.69) is 149 Å². The number of nitrogens with zero attached hydrogens (tertiary/aromatic N) is 6. The van der Waals surface area contributed by atoms with Gasteiger partial charge in [0.1, 0.15) is 5.69 Å². The summed E-state index contributed by atoms with van der Waals surface area (Å²) < 4.78 is 0. The summed E-state index contributed by atoms with van der Waals surface area (Å²) in [5, 5.41) is 4.58. The summed E-state index contributed by atoms with van der Waals surface area (Å²) in [5.74, 6) is 1.66. The van der Waals surface area contributed by atoms with Gasteiger partial charge in [0.25, 0.3) is 0 Å². The van der Waals surface area contributed by atoms with Crippen LogP contribution in [0.15, 0.2) is 140 Å². The summed E-state index contributed by atoms with van der Waals surface area (Å²) in [6.07, 6.45) is 3.83. The predicted octanol–water partition coefficient (Wildman–Crippen LogP) is 12.0. The lowest BCUT2D eigenvalue weighted by Crippen LogP contribution is -2.17. The predicted molar refractivity (Wildman–Crippen MR) is 230 cm³/mol. The minimum absolute atomic E-state index is 0.155. The summed E-state index contributed by atoms with van der Waals surface area (Å²) in [6.45, 7) is 11.2. The molecule has 6 heteroatoms. The van der Waals surface area contributed by atoms with E-state index in [0.29, 0.717) is 23.2 Å². The van der Waals surface area contributed by atoms with Crippen LogP contribution >= 0.6 is 0 Å². The van der Waals surface area contributed by atoms with Crippen LogP contribution in [0, 0.1) is 6.92 Å². The number of hydrogen-bond donors (Lipinski definition) is 0. The molecule has 0 amide bonds. The van der Waals surface area contributed by atoms with E-state index in [1.165, 1.54) is 38.6 Å². The lowest BCUT2D eigenvalue weighted by atomic mass is 9.79. The number of fused-ring (bicyclic) bond motifs is 8. The maximum Gasteiger partial charge on any atom is 0.182 e. The highest BCUT2D eigenvalue weighted by atomic mass is 15.0. The molecule has 5 aromatic carbocycles. The van der Waals surface area contributed by atoms with Gasteiger partial charge in [-0.05, 0) is 98.2 Å². The van der Waals surface area contributed by atoms with Crippen molar-refractivity contribution >= 4 is 21.5 Å². The molecule has 0 saturated heterocycles. The van der Waals surface area contributed by atoms with Gasteiger partial charge in [-0.15, -0.1) is 0 Å². The number of aromatic nitrogens is 6. The molecule has 0 aliphatic heterocycles. The van der Waals surface area contributed by atoms with E-state index in [9.17, 15) is 0 Å². The van der Waals surface area contributed by atoms with E-state index >= 15 is 0 Å². The second-order valence-corrected chi connectivity index (χ2v) is 16.5. The largest absolute Gasteiger partial charge is 0.256 e. The van der Waals surface area contributed by atoms with Crippen LogP contribution in [0.4, 0.5) is 0 Å². The Kier molecular flexibility index (Phi) is 7.06. The molecule has 0 saturated carbocycles. The smallest absolute Gasteiger partial charge is 0.182 e. The van der Waals surface area contributed by atoms with Crippen molar-refractivity contribution in [2.75, 3.05) is 0 Å². The van der Waals surface area contributed by atoms with Crippen molar-refractivity contribution in [3.63, 3.8) is 0 Å². The topological polar surface area (TPSA) is 77.3 Å². The molecule has 0 spiro atoms. The van der Waals surface area contributed by atoms with Crippen molar-refractivity contribution in [1.82, 2.24) is 29.9 Å². The quantitative estimate of drug-likeness (QED) is 0.179. The minimum Gasteiger partial charge on any atom is -0.256 e. The molecule has 11 rings (SSSR count). The molecular weight excluding hydrogens is 697 g/mol. The van der Waals surface area contributed by atoms with Gasteiger partial charge in [0, 0.05) is 51.2 Å². The first kappa shape index (κ1) is 33.4. The molecule has 57 heavy (non-hydrogen) atoms. The van der Waals surface area contributed by atoms with Crippen LogP contribution < -0.4 is 0 Å². The number of aryl methyl sites for hydroxylation is 1. The Labute approximate surface area is 331 Å². The Morgan fingerprint density at radius 2 is 1.02 bits per heavy atom. The fraction of sp³-hybridized carbons (Fsp3) is 0.137. The normalized spacial score (nSPS) is 14.3. The van der Waals surface area contributed by atoms with Crippen molar-refractivity contribution in [2.45, 2.75) is 45.4 Å². The summed E-state index contributed by atoms with van der Waals surface area (Å²) in [4.78, 5) is 30.7. The number of benzene rings is 5. The van der Waals surface area contributed by atoms with Crippen LogP contribution in [0.1, 0.15) is 55.6 Å². The first-order chi connectivity index (χ1) is 27.6. The third kappa shape index (κ3) is 5.03. The molecule has 0 atom stereocenters. The molecule has 4 heterocycles. The van der Waals surface area contributed by atoms with E-state index in [1.807, 2.05) is 25.4 Å². The Hall–Kier alpha value is -6.92. The molecule has 0 fully saturated rings. The van der Waals surface area contributed by atoms with Crippen LogP contribution in [0.2, 0.25) is 0 Å². The molecule has 272 valence electrons. The third-order valence-corrected chi connectivity index (χ3v) is 12.3. The van der Waals surface area contributed by atoms with Gasteiger partial charge >= 0.3 is 0 Å². The monoisotopic (exact) mass is 734 g/mol. The van der Waals surface area contributed by atoms with Crippen LogP contribution in [0.25, 0.3) is 89.5 Å². The zero-order valence-electron chi connectivity index (χ0n) is 32.5. The molecule has 9 aromatic rings. The third-order valence-electron chi connectivity index (χ3n) is 12.3. The second kappa shape index (κ2) is 12.0. The zero-order chi connectivity index (χ0) is 38.6. The van der Waals surface area contributed by atoms with Gasteiger partial charge in [0.15, 0.2) is 17.5 Å². The molecule has 4 aromatic heterocycles. The fourth-order valence-electron chi connectivity index (χ4n) is 9.29. The van der Waals surface area contributed by atoms with Crippen molar-refractivity contribution in [2.24, 2.45) is 0 Å². The van der Waals surface area contributed by atoms with Crippen LogP contribution in [-0.2, 0) is 10.8 Å². The molecule has 0 unspecified atom stereocenters. The van der Waals surface area contributed by atoms with Crippen molar-refractivity contribution in [3.05, 3.63) is 168 Å². The van der Waals surface area contributed by atoms with E-state index in [1.54, 1.807) is 0 Å². The highest BCUT2D eigenvalue weighted by Crippen LogP contribution is 2.55. The van der Waals surface area contributed by atoms with Crippen LogP contribution in [-0.4, -0.2) is 29.9 Å². The Morgan fingerprint density at radius 1 is 0.421 bits per heavy atom. The first-order valence-electron chi connectivity index (χ1n) is 19.5. The maximum absolute atomic E-state index is 5.21. The van der Waals surface area contributed by atoms with Crippen molar-refractivity contribution in [1.29, 1.82) is 0 Å². The molecule has 0 radical (unpaired) electrons. The molecule has 2 aliphatic rings. The second-order valence-electron chi connectivity index (χ2n) is 16.5. The van der Waals surface area contributed by atoms with Crippen LogP contribution in [0.3, 0.4) is 0 Å². The van der Waals surface area contributed by atoms with E-state index in [4.69, 9.17) is 29.9 Å². The van der Waals surface area contributed by atoms with Gasteiger partial charge in [0.05, 0.1) is 11.4 Å². The first-order valence-corrected chi connectivity index (χ1v) is 19.5. The van der Waals surface area contributed by atoms with Crippen molar-refractivity contribution in [3.8, 4) is 67.9 Å². The lowest BCUT2D eigenvalue weighted by molar-refractivity contribution is 0.651. The molecular formula is C51H38N6. The Balaban J connectivity index is 1.09. The highest BCUT2D eigenvalue weighted by molar-refractivity contribution is 5.98. The molecule has 0 N–H and O–H groups in total. The Morgan fingerprint density at radius 3 is 1.75 bits per heavy atom. The van der Waals surface area contributed by atoms with Gasteiger partial charge in [-0.2, -0.15) is 0 Å². The van der Waals surface area contributed by atoms with Gasteiger partial charge in [-0.3, -0.25) is 9.97 Å². The average Bonchev–Trinajstić information content (AvgIpc) is 3.60. The maximum atomic E-state index is 5.21. The summed E-state index contributed by atoms with van der Waals surface area (Å²) >= 11 is 0. The average molecular weight is 735 g/mol. The van der Waals surface area contributed by atoms with Crippen molar-refractivity contribution < 1.29 is 0 Å². The van der Waals surface area contributed by atoms with Crippen LogP contribution in [0.5, 0.6) is 0 Å². The minimum atomic E-state index is -0.315. The summed E-state index contributed by atoms with van der Waals surface area (Å²) in [5.41, 5.74) is 14.5. The lowest BCUT2D eigenvalue weighted by Gasteiger charge is -2.24. The number of pyridine rings is 3. The highest BCUT2D eigenvalue weighted by Gasteiger charge is 2.43. The zero-order valence-corrected chi connectivity index (χ0v) is 32.5. The van der Waals surface area contributed by atoms with E-state index in [0.717, 1.165) is 55.7 Å². The molecule has 6 nitrogen and oxygen atoms in total. The summed E-state index contributed by atoms with van der Waals surface area (Å²) in [7, 11) is 0. The standard InChI is InChI=1S/C51H38N6/c1-29-23-32(36-19-10-15-30-13-6-8-17-34(30)36)25-44(54-29)49-56-47(55-48(57-49)37-20-11-16-31-14-7-9-18-35(31)37)33-24-43-46(53-28-33)39-27-41-38(26-42(39)51(43,4)5)45-40(50(41,2)3)21-12-22-52-45/h6-28H,1-5H3. The summed E-state index contributed by atoms with van der Waals surface area (Å²) in [6, 6.07) is 45.0. The number of rotatable bonds is 4.